The van der Waals surface area contributed by atoms with Gasteiger partial charge >= 0.3 is 11.9 Å². The van der Waals surface area contributed by atoms with Gasteiger partial charge < -0.3 is 34.6 Å². The molecule has 2 bridgehead atoms. The fourth-order valence-electron chi connectivity index (χ4n) is 8.75. The second kappa shape index (κ2) is 8.57. The SMILES string of the molecule is CC1=CC(=O)[C@@H](O)[C@]2(C)C3[C@]45CO[C@]3(O)[C@H](O)CC4C(OC(=O)CC(O)(C(C)C)C(C)C)C(=O)O[C@@H]5C[C@@H]12. The molecule has 2 heterocycles. The van der Waals surface area contributed by atoms with Crippen LogP contribution in [-0.2, 0) is 28.6 Å². The van der Waals surface area contributed by atoms with E-state index in [0.717, 1.165) is 0 Å². The fraction of sp³-hybridized carbons (Fsp3) is 0.821. The van der Waals surface area contributed by atoms with Crippen LogP contribution in [0.1, 0.15) is 60.8 Å². The Balaban J connectivity index is 1.56. The molecule has 2 saturated carbocycles. The minimum atomic E-state index is -2.09. The summed E-state index contributed by atoms with van der Waals surface area (Å²) in [5.74, 6) is -6.82. The summed E-state index contributed by atoms with van der Waals surface area (Å²) in [6.45, 7) is 10.6. The lowest BCUT2D eigenvalue weighted by atomic mass is 9.39. The van der Waals surface area contributed by atoms with Crippen molar-refractivity contribution in [2.24, 2.45) is 40.4 Å². The van der Waals surface area contributed by atoms with Crippen LogP contribution in [0.25, 0.3) is 0 Å². The minimum absolute atomic E-state index is 0.101. The van der Waals surface area contributed by atoms with E-state index in [-0.39, 0.29) is 31.3 Å². The molecule has 5 aliphatic rings. The molecule has 38 heavy (non-hydrogen) atoms. The first-order valence-corrected chi connectivity index (χ1v) is 13.6. The average molecular weight is 537 g/mol. The summed E-state index contributed by atoms with van der Waals surface area (Å²) in [4.78, 5) is 39.3. The molecule has 2 saturated heterocycles. The van der Waals surface area contributed by atoms with Crippen LogP contribution >= 0.6 is 0 Å². The molecule has 0 amide bonds. The molecule has 4 fully saturated rings. The zero-order valence-electron chi connectivity index (χ0n) is 22.8. The van der Waals surface area contributed by atoms with Gasteiger partial charge in [-0.25, -0.2) is 4.79 Å². The second-order valence-electron chi connectivity index (χ2n) is 13.1. The smallest absolute Gasteiger partial charge is 0.348 e. The van der Waals surface area contributed by atoms with Crippen molar-refractivity contribution in [1.29, 1.82) is 0 Å². The molecule has 1 spiro atoms. The number of aliphatic hydroxyl groups is 4. The summed E-state index contributed by atoms with van der Waals surface area (Å²) in [7, 11) is 0. The summed E-state index contributed by atoms with van der Waals surface area (Å²) in [5.41, 5.74) is -3.00. The van der Waals surface area contributed by atoms with Crippen molar-refractivity contribution in [3.8, 4) is 0 Å². The Hall–Kier alpha value is -1.85. The Labute approximate surface area is 222 Å². The van der Waals surface area contributed by atoms with E-state index in [2.05, 4.69) is 0 Å². The number of hydrogen-bond acceptors (Lipinski definition) is 10. The molecule has 212 valence electrons. The summed E-state index contributed by atoms with van der Waals surface area (Å²) < 4.78 is 17.6. The van der Waals surface area contributed by atoms with Gasteiger partial charge in [-0.05, 0) is 43.6 Å². The highest BCUT2D eigenvalue weighted by atomic mass is 16.7. The lowest BCUT2D eigenvalue weighted by Crippen LogP contribution is -2.76. The molecule has 10 nitrogen and oxygen atoms in total. The normalized spacial score (nSPS) is 45.9. The topological polar surface area (TPSA) is 160 Å². The van der Waals surface area contributed by atoms with E-state index in [1.54, 1.807) is 41.5 Å². The number of rotatable bonds is 5. The third kappa shape index (κ3) is 3.33. The van der Waals surface area contributed by atoms with Crippen LogP contribution < -0.4 is 0 Å². The van der Waals surface area contributed by atoms with Gasteiger partial charge in [0.1, 0.15) is 18.3 Å². The molecule has 3 aliphatic carbocycles. The fourth-order valence-corrected chi connectivity index (χ4v) is 8.75. The Morgan fingerprint density at radius 2 is 1.82 bits per heavy atom. The predicted octanol–water partition coefficient (Wildman–Crippen LogP) is 0.875. The van der Waals surface area contributed by atoms with E-state index >= 15 is 0 Å². The highest BCUT2D eigenvalue weighted by molar-refractivity contribution is 5.96. The Bertz CT molecular complexity index is 1070. The number of carbonyl (C=O) groups excluding carboxylic acids is 3. The van der Waals surface area contributed by atoms with Crippen molar-refractivity contribution < 1.29 is 49.0 Å². The summed E-state index contributed by atoms with van der Waals surface area (Å²) >= 11 is 0. The highest BCUT2D eigenvalue weighted by Gasteiger charge is 2.82. The quantitative estimate of drug-likeness (QED) is 0.371. The summed E-state index contributed by atoms with van der Waals surface area (Å²) in [6, 6.07) is 0. The number of allylic oxidation sites excluding steroid dienone is 1. The number of ether oxygens (including phenoxy) is 3. The highest BCUT2D eigenvalue weighted by Crippen LogP contribution is 2.72. The average Bonchev–Trinajstić information content (AvgIpc) is 3.10. The molecule has 10 atom stereocenters. The summed E-state index contributed by atoms with van der Waals surface area (Å²) in [5, 5.41) is 45.3. The molecule has 2 aliphatic heterocycles. The van der Waals surface area contributed by atoms with Crippen molar-refractivity contribution in [2.45, 2.75) is 96.6 Å². The number of aliphatic hydroxyl groups excluding tert-OH is 2. The molecular weight excluding hydrogens is 496 g/mol. The van der Waals surface area contributed by atoms with Crippen molar-refractivity contribution in [3.63, 3.8) is 0 Å². The molecule has 3 unspecified atom stereocenters. The van der Waals surface area contributed by atoms with Crippen LogP contribution in [0.3, 0.4) is 0 Å². The first kappa shape index (κ1) is 27.7. The standard InChI is InChI=1S/C28H40O10/c1-12(2)27(34,13(3)4)10-20(31)38-21-16-8-18(30)28(35)24-25(6)15(14(5)7-17(29)22(25)32)9-19(37-23(21)33)26(16,24)11-36-28/h7,12-13,15-16,18-19,21-22,24,30,32,34-35H,8-11H2,1-6H3/t15-,16?,18+,19+,21?,22+,24?,25+,26+,28+/m0/s1. The number of esters is 2. The van der Waals surface area contributed by atoms with Gasteiger partial charge in [0.25, 0.3) is 0 Å². The van der Waals surface area contributed by atoms with Gasteiger partial charge in [-0.3, -0.25) is 9.59 Å². The largest absolute Gasteiger partial charge is 0.459 e. The van der Waals surface area contributed by atoms with Gasteiger partial charge in [-0.2, -0.15) is 0 Å². The number of ketones is 1. The van der Waals surface area contributed by atoms with Gasteiger partial charge in [0.2, 0.25) is 6.10 Å². The Morgan fingerprint density at radius 1 is 1.18 bits per heavy atom. The zero-order chi connectivity index (χ0) is 28.2. The van der Waals surface area contributed by atoms with Crippen LogP contribution in [0.15, 0.2) is 11.6 Å². The van der Waals surface area contributed by atoms with E-state index in [1.165, 1.54) is 6.08 Å². The van der Waals surface area contributed by atoms with Crippen LogP contribution in [-0.4, -0.2) is 80.6 Å². The predicted molar refractivity (Wildman–Crippen MR) is 131 cm³/mol. The third-order valence-corrected chi connectivity index (χ3v) is 10.9. The Morgan fingerprint density at radius 3 is 2.42 bits per heavy atom. The second-order valence-corrected chi connectivity index (χ2v) is 13.1. The van der Waals surface area contributed by atoms with Gasteiger partial charge in [0.05, 0.1) is 18.6 Å². The molecule has 0 aromatic carbocycles. The number of hydrogen-bond donors (Lipinski definition) is 4. The Kier molecular flexibility index (Phi) is 6.25. The maximum atomic E-state index is 13.3. The minimum Gasteiger partial charge on any atom is -0.459 e. The van der Waals surface area contributed by atoms with Crippen LogP contribution in [0.5, 0.6) is 0 Å². The number of carbonyl (C=O) groups is 3. The first-order chi connectivity index (χ1) is 17.5. The molecule has 10 heteroatoms. The molecular formula is C28H40O10. The molecule has 0 aromatic rings. The van der Waals surface area contributed by atoms with E-state index in [4.69, 9.17) is 14.2 Å². The van der Waals surface area contributed by atoms with Crippen molar-refractivity contribution in [1.82, 2.24) is 0 Å². The van der Waals surface area contributed by atoms with Crippen LogP contribution in [0.4, 0.5) is 0 Å². The molecule has 5 rings (SSSR count). The molecule has 0 radical (unpaired) electrons. The van der Waals surface area contributed by atoms with Crippen LogP contribution in [0.2, 0.25) is 0 Å². The maximum Gasteiger partial charge on any atom is 0.348 e. The van der Waals surface area contributed by atoms with Crippen molar-refractivity contribution in [2.75, 3.05) is 6.61 Å². The number of fused-ring (bicyclic) bond motifs is 1. The van der Waals surface area contributed by atoms with Gasteiger partial charge in [0.15, 0.2) is 11.6 Å². The van der Waals surface area contributed by atoms with Gasteiger partial charge in [-0.1, -0.05) is 40.2 Å². The van der Waals surface area contributed by atoms with E-state index in [1.807, 2.05) is 0 Å². The van der Waals surface area contributed by atoms with E-state index in [0.29, 0.717) is 12.0 Å². The first-order valence-electron chi connectivity index (χ1n) is 13.6. The summed E-state index contributed by atoms with van der Waals surface area (Å²) in [6.07, 6.45) is -3.84. The third-order valence-electron chi connectivity index (χ3n) is 10.9. The maximum absolute atomic E-state index is 13.3. The van der Waals surface area contributed by atoms with Crippen LogP contribution in [0, 0.1) is 40.4 Å². The van der Waals surface area contributed by atoms with Gasteiger partial charge in [0, 0.05) is 22.7 Å². The molecule has 4 N–H and O–H groups in total. The van der Waals surface area contributed by atoms with Crippen molar-refractivity contribution >= 4 is 17.7 Å². The van der Waals surface area contributed by atoms with E-state index in [9.17, 15) is 34.8 Å². The van der Waals surface area contributed by atoms with E-state index < -0.39 is 82.1 Å². The lowest BCUT2D eigenvalue weighted by Gasteiger charge is -2.66. The molecule has 0 aromatic heterocycles. The lowest BCUT2D eigenvalue weighted by molar-refractivity contribution is -0.327. The van der Waals surface area contributed by atoms with Crippen molar-refractivity contribution in [3.05, 3.63) is 11.6 Å². The zero-order valence-corrected chi connectivity index (χ0v) is 22.8. The van der Waals surface area contributed by atoms with Gasteiger partial charge in [-0.15, -0.1) is 0 Å². The monoisotopic (exact) mass is 536 g/mol.